The second kappa shape index (κ2) is 6.91. The Labute approximate surface area is 127 Å². The topological polar surface area (TPSA) is 52.8 Å². The van der Waals surface area contributed by atoms with Gasteiger partial charge in [-0.05, 0) is 38.7 Å². The van der Waals surface area contributed by atoms with Gasteiger partial charge in [0.2, 0.25) is 5.91 Å². The van der Waals surface area contributed by atoms with Crippen LogP contribution in [0.4, 0.5) is 5.69 Å². The molecular formula is C16H26N4O. The SMILES string of the molecule is CC(c1cccc(N)c1)N(C)CC(=O)N1CCN(C)CC1. The minimum Gasteiger partial charge on any atom is -0.399 e. The van der Waals surface area contributed by atoms with E-state index in [1.165, 1.54) is 0 Å². The lowest BCUT2D eigenvalue weighted by atomic mass is 10.1. The fourth-order valence-electron chi connectivity index (χ4n) is 2.58. The van der Waals surface area contributed by atoms with E-state index in [1.807, 2.05) is 30.1 Å². The quantitative estimate of drug-likeness (QED) is 0.842. The number of rotatable bonds is 4. The Balaban J connectivity index is 1.91. The van der Waals surface area contributed by atoms with Crippen molar-refractivity contribution in [3.05, 3.63) is 29.8 Å². The summed E-state index contributed by atoms with van der Waals surface area (Å²) in [7, 11) is 4.08. The molecule has 116 valence electrons. The van der Waals surface area contributed by atoms with Gasteiger partial charge in [-0.25, -0.2) is 0 Å². The number of hydrogen-bond donors (Lipinski definition) is 1. The van der Waals surface area contributed by atoms with E-state index in [4.69, 9.17) is 5.73 Å². The highest BCUT2D eigenvalue weighted by Gasteiger charge is 2.22. The predicted molar refractivity (Wildman–Crippen MR) is 86.0 cm³/mol. The van der Waals surface area contributed by atoms with Gasteiger partial charge >= 0.3 is 0 Å². The second-order valence-electron chi connectivity index (χ2n) is 5.95. The van der Waals surface area contributed by atoms with Crippen LogP contribution in [0, 0.1) is 0 Å². The number of amides is 1. The Hall–Kier alpha value is -1.59. The molecule has 2 rings (SSSR count). The number of nitrogens with zero attached hydrogens (tertiary/aromatic N) is 3. The van der Waals surface area contributed by atoms with Gasteiger partial charge in [0.25, 0.3) is 0 Å². The molecule has 1 heterocycles. The maximum absolute atomic E-state index is 12.4. The van der Waals surface area contributed by atoms with Gasteiger partial charge in [0, 0.05) is 37.9 Å². The molecule has 0 saturated carbocycles. The first-order chi connectivity index (χ1) is 9.97. The largest absolute Gasteiger partial charge is 0.399 e. The third-order valence-corrected chi connectivity index (χ3v) is 4.29. The minimum absolute atomic E-state index is 0.171. The van der Waals surface area contributed by atoms with Gasteiger partial charge in [-0.15, -0.1) is 0 Å². The number of nitrogens with two attached hydrogens (primary N) is 1. The van der Waals surface area contributed by atoms with E-state index in [0.29, 0.717) is 6.54 Å². The lowest BCUT2D eigenvalue weighted by molar-refractivity contribution is -0.134. The molecule has 2 N–H and O–H groups in total. The zero-order chi connectivity index (χ0) is 15.4. The van der Waals surface area contributed by atoms with Crippen LogP contribution >= 0.6 is 0 Å². The maximum atomic E-state index is 12.4. The molecule has 1 aliphatic heterocycles. The number of anilines is 1. The molecule has 21 heavy (non-hydrogen) atoms. The first kappa shape index (κ1) is 15.8. The lowest BCUT2D eigenvalue weighted by Gasteiger charge is -2.34. The molecular weight excluding hydrogens is 264 g/mol. The molecule has 0 aromatic heterocycles. The summed E-state index contributed by atoms with van der Waals surface area (Å²) in [5.41, 5.74) is 7.73. The highest BCUT2D eigenvalue weighted by atomic mass is 16.2. The van der Waals surface area contributed by atoms with Crippen LogP contribution in [-0.2, 0) is 4.79 Å². The van der Waals surface area contributed by atoms with Crippen molar-refractivity contribution in [3.8, 4) is 0 Å². The predicted octanol–water partition coefficient (Wildman–Crippen LogP) is 1.04. The van der Waals surface area contributed by atoms with Gasteiger partial charge in [-0.2, -0.15) is 0 Å². The molecule has 1 fully saturated rings. The van der Waals surface area contributed by atoms with Crippen molar-refractivity contribution < 1.29 is 4.79 Å². The summed E-state index contributed by atoms with van der Waals surface area (Å²) in [4.78, 5) is 18.7. The van der Waals surface area contributed by atoms with Crippen molar-refractivity contribution in [1.82, 2.24) is 14.7 Å². The number of likely N-dealkylation sites (N-methyl/N-ethyl adjacent to an activating group) is 2. The fraction of sp³-hybridized carbons (Fsp3) is 0.562. The molecule has 0 aliphatic carbocycles. The van der Waals surface area contributed by atoms with Crippen molar-refractivity contribution in [2.24, 2.45) is 0 Å². The van der Waals surface area contributed by atoms with Gasteiger partial charge in [-0.3, -0.25) is 9.69 Å². The van der Waals surface area contributed by atoms with Crippen LogP contribution < -0.4 is 5.73 Å². The first-order valence-electron chi connectivity index (χ1n) is 7.49. The molecule has 0 bridgehead atoms. The molecule has 1 unspecified atom stereocenters. The Morgan fingerprint density at radius 2 is 2.00 bits per heavy atom. The van der Waals surface area contributed by atoms with Gasteiger partial charge in [0.15, 0.2) is 0 Å². The molecule has 1 saturated heterocycles. The van der Waals surface area contributed by atoms with Gasteiger partial charge in [0.1, 0.15) is 0 Å². The second-order valence-corrected chi connectivity index (χ2v) is 5.95. The summed E-state index contributed by atoms with van der Waals surface area (Å²) in [5.74, 6) is 0.210. The monoisotopic (exact) mass is 290 g/mol. The van der Waals surface area contributed by atoms with Crippen LogP contribution in [0.2, 0.25) is 0 Å². The van der Waals surface area contributed by atoms with Crippen molar-refractivity contribution in [3.63, 3.8) is 0 Å². The highest BCUT2D eigenvalue weighted by Crippen LogP contribution is 2.20. The van der Waals surface area contributed by atoms with Crippen molar-refractivity contribution in [1.29, 1.82) is 0 Å². The van der Waals surface area contributed by atoms with Crippen LogP contribution in [0.3, 0.4) is 0 Å². The van der Waals surface area contributed by atoms with E-state index in [9.17, 15) is 4.79 Å². The average Bonchev–Trinajstić information content (AvgIpc) is 2.47. The van der Waals surface area contributed by atoms with E-state index < -0.39 is 0 Å². The number of piperazine rings is 1. The molecule has 5 heteroatoms. The highest BCUT2D eigenvalue weighted by molar-refractivity contribution is 5.78. The molecule has 1 aromatic carbocycles. The molecule has 1 aromatic rings. The number of carbonyl (C=O) groups is 1. The molecule has 0 radical (unpaired) electrons. The van der Waals surface area contributed by atoms with Gasteiger partial charge in [0.05, 0.1) is 6.54 Å². The van der Waals surface area contributed by atoms with Crippen LogP contribution in [0.5, 0.6) is 0 Å². The van der Waals surface area contributed by atoms with E-state index in [-0.39, 0.29) is 11.9 Å². The number of hydrogen-bond acceptors (Lipinski definition) is 4. The number of nitrogen functional groups attached to an aromatic ring is 1. The average molecular weight is 290 g/mol. The molecule has 0 spiro atoms. The summed E-state index contributed by atoms with van der Waals surface area (Å²) in [6.07, 6.45) is 0. The summed E-state index contributed by atoms with van der Waals surface area (Å²) in [6, 6.07) is 8.03. The molecule has 1 amide bonds. The smallest absolute Gasteiger partial charge is 0.236 e. The van der Waals surface area contributed by atoms with Gasteiger partial charge < -0.3 is 15.5 Å². The fourth-order valence-corrected chi connectivity index (χ4v) is 2.58. The first-order valence-corrected chi connectivity index (χ1v) is 7.49. The van der Waals surface area contributed by atoms with Crippen LogP contribution in [0.1, 0.15) is 18.5 Å². The van der Waals surface area contributed by atoms with Crippen molar-refractivity contribution >= 4 is 11.6 Å². The van der Waals surface area contributed by atoms with Crippen molar-refractivity contribution in [2.45, 2.75) is 13.0 Å². The Kier molecular flexibility index (Phi) is 5.20. The van der Waals surface area contributed by atoms with E-state index in [0.717, 1.165) is 37.4 Å². The van der Waals surface area contributed by atoms with Crippen LogP contribution in [0.15, 0.2) is 24.3 Å². The third-order valence-electron chi connectivity index (χ3n) is 4.29. The normalized spacial score (nSPS) is 18.0. The van der Waals surface area contributed by atoms with Crippen LogP contribution in [0.25, 0.3) is 0 Å². The van der Waals surface area contributed by atoms with Crippen molar-refractivity contribution in [2.75, 3.05) is 52.6 Å². The van der Waals surface area contributed by atoms with Crippen LogP contribution in [-0.4, -0.2) is 67.4 Å². The Morgan fingerprint density at radius 3 is 2.62 bits per heavy atom. The number of benzene rings is 1. The Morgan fingerprint density at radius 1 is 1.33 bits per heavy atom. The summed E-state index contributed by atoms with van der Waals surface area (Å²) < 4.78 is 0. The standard InChI is InChI=1S/C16H26N4O/c1-13(14-5-4-6-15(17)11-14)19(3)12-16(21)20-9-7-18(2)8-10-20/h4-6,11,13H,7-10,12,17H2,1-3H3. The van der Waals surface area contributed by atoms with Gasteiger partial charge in [-0.1, -0.05) is 12.1 Å². The molecule has 5 nitrogen and oxygen atoms in total. The van der Waals surface area contributed by atoms with E-state index in [2.05, 4.69) is 29.8 Å². The Bertz CT molecular complexity index is 483. The lowest BCUT2D eigenvalue weighted by Crippen LogP contribution is -2.49. The third kappa shape index (κ3) is 4.19. The van der Waals surface area contributed by atoms with E-state index in [1.54, 1.807) is 0 Å². The maximum Gasteiger partial charge on any atom is 0.236 e. The number of carbonyl (C=O) groups excluding carboxylic acids is 1. The summed E-state index contributed by atoms with van der Waals surface area (Å²) in [5, 5.41) is 0. The summed E-state index contributed by atoms with van der Waals surface area (Å²) >= 11 is 0. The molecule has 1 aliphatic rings. The zero-order valence-corrected chi connectivity index (χ0v) is 13.2. The van der Waals surface area contributed by atoms with E-state index >= 15 is 0 Å². The minimum atomic E-state index is 0.171. The zero-order valence-electron chi connectivity index (χ0n) is 13.2. The summed E-state index contributed by atoms with van der Waals surface area (Å²) in [6.45, 7) is 6.12. The molecule has 1 atom stereocenters.